The summed E-state index contributed by atoms with van der Waals surface area (Å²) in [6, 6.07) is 0. The minimum atomic E-state index is -0.218. The number of hydrogen-bond acceptors (Lipinski definition) is 1. The van der Waals surface area contributed by atoms with Crippen molar-refractivity contribution in [2.45, 2.75) is 45.1 Å². The summed E-state index contributed by atoms with van der Waals surface area (Å²) >= 11 is 0. The first kappa shape index (κ1) is 6.66. The van der Waals surface area contributed by atoms with Crippen LogP contribution in [0.15, 0.2) is 0 Å². The Balaban J connectivity index is 2.13. The first-order chi connectivity index (χ1) is 4.56. The summed E-state index contributed by atoms with van der Waals surface area (Å²) in [6.45, 7) is 4.57. The Morgan fingerprint density at radius 2 is 1.80 bits per heavy atom. The van der Waals surface area contributed by atoms with E-state index in [-0.39, 0.29) is 5.60 Å². The van der Waals surface area contributed by atoms with E-state index >= 15 is 0 Å². The van der Waals surface area contributed by atoms with Crippen molar-refractivity contribution in [3.8, 4) is 0 Å². The zero-order valence-corrected chi connectivity index (χ0v) is 6.85. The van der Waals surface area contributed by atoms with Gasteiger partial charge in [-0.2, -0.15) is 0 Å². The second kappa shape index (κ2) is 1.58. The van der Waals surface area contributed by atoms with Gasteiger partial charge in [0, 0.05) is 0 Å². The van der Waals surface area contributed by atoms with Crippen molar-refractivity contribution in [1.82, 2.24) is 0 Å². The van der Waals surface area contributed by atoms with Crippen LogP contribution >= 0.6 is 0 Å². The topological polar surface area (TPSA) is 20.2 Å². The van der Waals surface area contributed by atoms with Gasteiger partial charge in [0.15, 0.2) is 0 Å². The Labute approximate surface area is 62.4 Å². The van der Waals surface area contributed by atoms with Crippen LogP contribution in [0.4, 0.5) is 0 Å². The minimum Gasteiger partial charge on any atom is -0.390 e. The van der Waals surface area contributed by atoms with Gasteiger partial charge >= 0.3 is 0 Å². The average molecular weight is 140 g/mol. The van der Waals surface area contributed by atoms with Gasteiger partial charge in [0.05, 0.1) is 5.60 Å². The number of aliphatic hydroxyl groups is 1. The van der Waals surface area contributed by atoms with E-state index in [9.17, 15) is 5.11 Å². The van der Waals surface area contributed by atoms with E-state index in [1.165, 1.54) is 6.42 Å². The third kappa shape index (κ3) is 0.619. The molecule has 0 aromatic heterocycles. The van der Waals surface area contributed by atoms with Gasteiger partial charge in [-0.15, -0.1) is 0 Å². The second-order valence-corrected chi connectivity index (χ2v) is 4.59. The van der Waals surface area contributed by atoms with Crippen LogP contribution in [-0.2, 0) is 0 Å². The standard InChI is InChI=1S/C9H16O/c1-7(2)8-3-4-9(10,5-8)6-8/h7,10H,3-6H2,1-2H3. The fraction of sp³-hybridized carbons (Fsp3) is 1.00. The molecule has 3 aliphatic rings. The van der Waals surface area contributed by atoms with E-state index < -0.39 is 0 Å². The quantitative estimate of drug-likeness (QED) is 0.590. The van der Waals surface area contributed by atoms with Crippen molar-refractivity contribution in [2.75, 3.05) is 0 Å². The predicted octanol–water partition coefficient (Wildman–Crippen LogP) is 1.95. The molecule has 0 aromatic carbocycles. The van der Waals surface area contributed by atoms with Gasteiger partial charge < -0.3 is 5.11 Å². The van der Waals surface area contributed by atoms with Crippen molar-refractivity contribution in [2.24, 2.45) is 11.3 Å². The first-order valence-corrected chi connectivity index (χ1v) is 4.29. The Kier molecular flexibility index (Phi) is 1.05. The van der Waals surface area contributed by atoms with Gasteiger partial charge in [0.25, 0.3) is 0 Å². The van der Waals surface area contributed by atoms with E-state index in [1.54, 1.807) is 0 Å². The lowest BCUT2D eigenvalue weighted by atomic mass is 9.61. The monoisotopic (exact) mass is 140 g/mol. The molecule has 0 aliphatic heterocycles. The highest BCUT2D eigenvalue weighted by atomic mass is 16.3. The van der Waals surface area contributed by atoms with E-state index in [2.05, 4.69) is 13.8 Å². The lowest BCUT2D eigenvalue weighted by Crippen LogP contribution is -2.45. The van der Waals surface area contributed by atoms with Crippen LogP contribution in [0.2, 0.25) is 0 Å². The molecule has 3 aliphatic carbocycles. The largest absolute Gasteiger partial charge is 0.390 e. The maximum atomic E-state index is 9.67. The third-order valence-electron chi connectivity index (χ3n) is 3.68. The molecule has 3 rings (SSSR count). The zero-order chi connectivity index (χ0) is 7.41. The lowest BCUT2D eigenvalue weighted by Gasteiger charge is -2.47. The highest BCUT2D eigenvalue weighted by Crippen LogP contribution is 2.64. The highest BCUT2D eigenvalue weighted by Gasteiger charge is 2.60. The van der Waals surface area contributed by atoms with E-state index in [0.29, 0.717) is 5.41 Å². The van der Waals surface area contributed by atoms with Crippen LogP contribution < -0.4 is 0 Å². The van der Waals surface area contributed by atoms with E-state index in [1.807, 2.05) is 0 Å². The molecule has 0 heterocycles. The van der Waals surface area contributed by atoms with Crippen LogP contribution in [0.5, 0.6) is 0 Å². The van der Waals surface area contributed by atoms with Gasteiger partial charge in [0.2, 0.25) is 0 Å². The summed E-state index contributed by atoms with van der Waals surface area (Å²) in [6.07, 6.45) is 4.49. The molecule has 0 saturated heterocycles. The summed E-state index contributed by atoms with van der Waals surface area (Å²) in [4.78, 5) is 0. The van der Waals surface area contributed by atoms with Gasteiger partial charge in [-0.3, -0.25) is 0 Å². The smallest absolute Gasteiger partial charge is 0.0658 e. The Morgan fingerprint density at radius 3 is 2.00 bits per heavy atom. The first-order valence-electron chi connectivity index (χ1n) is 4.29. The molecular weight excluding hydrogens is 124 g/mol. The molecule has 0 aromatic rings. The Bertz CT molecular complexity index is 154. The van der Waals surface area contributed by atoms with Crippen LogP contribution in [-0.4, -0.2) is 10.7 Å². The van der Waals surface area contributed by atoms with Gasteiger partial charge in [-0.1, -0.05) is 13.8 Å². The normalized spacial score (nSPS) is 51.6. The molecule has 1 N–H and O–H groups in total. The Hall–Kier alpha value is -0.0400. The van der Waals surface area contributed by atoms with Crippen LogP contribution in [0.25, 0.3) is 0 Å². The highest BCUT2D eigenvalue weighted by molar-refractivity contribution is 5.12. The second-order valence-electron chi connectivity index (χ2n) is 4.59. The molecular formula is C9H16O. The lowest BCUT2D eigenvalue weighted by molar-refractivity contribution is -0.0854. The summed E-state index contributed by atoms with van der Waals surface area (Å²) < 4.78 is 0. The van der Waals surface area contributed by atoms with Gasteiger partial charge in [-0.25, -0.2) is 0 Å². The summed E-state index contributed by atoms with van der Waals surface area (Å²) in [5.74, 6) is 0.773. The van der Waals surface area contributed by atoms with Crippen LogP contribution in [0.1, 0.15) is 39.5 Å². The predicted molar refractivity (Wildman–Crippen MR) is 40.7 cm³/mol. The summed E-state index contributed by atoms with van der Waals surface area (Å²) in [5, 5.41) is 9.67. The minimum absolute atomic E-state index is 0.218. The van der Waals surface area contributed by atoms with Crippen molar-refractivity contribution in [1.29, 1.82) is 0 Å². The van der Waals surface area contributed by atoms with Crippen molar-refractivity contribution < 1.29 is 5.11 Å². The average Bonchev–Trinajstić information content (AvgIpc) is 2.19. The zero-order valence-electron chi connectivity index (χ0n) is 6.85. The number of rotatable bonds is 1. The molecule has 58 valence electrons. The molecule has 0 spiro atoms. The molecule has 0 radical (unpaired) electrons. The maximum Gasteiger partial charge on any atom is 0.0658 e. The molecule has 1 nitrogen and oxygen atoms in total. The Morgan fingerprint density at radius 1 is 1.20 bits per heavy atom. The summed E-state index contributed by atoms with van der Waals surface area (Å²) in [5.41, 5.74) is 0.332. The SMILES string of the molecule is CC(C)C12CCC(O)(C1)C2. The van der Waals surface area contributed by atoms with E-state index in [4.69, 9.17) is 0 Å². The molecule has 0 atom stereocenters. The molecule has 10 heavy (non-hydrogen) atoms. The van der Waals surface area contributed by atoms with E-state index in [0.717, 1.165) is 25.2 Å². The third-order valence-corrected chi connectivity index (χ3v) is 3.68. The van der Waals surface area contributed by atoms with Crippen molar-refractivity contribution >= 4 is 0 Å². The molecule has 0 amide bonds. The molecule has 0 unspecified atom stereocenters. The molecule has 3 saturated carbocycles. The molecule has 2 bridgehead atoms. The number of hydrogen-bond donors (Lipinski definition) is 1. The molecule has 3 fully saturated rings. The molecule has 1 heteroatoms. The fourth-order valence-electron chi connectivity index (χ4n) is 2.79. The van der Waals surface area contributed by atoms with Gasteiger partial charge in [0.1, 0.15) is 0 Å². The van der Waals surface area contributed by atoms with Crippen molar-refractivity contribution in [3.63, 3.8) is 0 Å². The van der Waals surface area contributed by atoms with Crippen molar-refractivity contribution in [3.05, 3.63) is 0 Å². The number of fused-ring (bicyclic) bond motifs is 1. The maximum absolute atomic E-state index is 9.67. The van der Waals surface area contributed by atoms with Crippen LogP contribution in [0, 0.1) is 11.3 Å². The summed E-state index contributed by atoms with van der Waals surface area (Å²) in [7, 11) is 0. The van der Waals surface area contributed by atoms with Crippen LogP contribution in [0.3, 0.4) is 0 Å². The van der Waals surface area contributed by atoms with Gasteiger partial charge in [-0.05, 0) is 37.0 Å². The fourth-order valence-corrected chi connectivity index (χ4v) is 2.79.